The Morgan fingerprint density at radius 2 is 2.33 bits per heavy atom. The SMILES string of the molecule is CCCCn1ncc(NCC2CC2C)c(Br)c1=O. The van der Waals surface area contributed by atoms with E-state index in [9.17, 15) is 4.79 Å². The van der Waals surface area contributed by atoms with E-state index in [1.165, 1.54) is 11.1 Å². The summed E-state index contributed by atoms with van der Waals surface area (Å²) < 4.78 is 2.13. The van der Waals surface area contributed by atoms with Crippen molar-refractivity contribution in [1.82, 2.24) is 9.78 Å². The molecule has 5 heteroatoms. The first kappa shape index (κ1) is 13.6. The minimum absolute atomic E-state index is 0.0442. The van der Waals surface area contributed by atoms with E-state index in [4.69, 9.17) is 0 Å². The van der Waals surface area contributed by atoms with Crippen LogP contribution in [0.5, 0.6) is 0 Å². The quantitative estimate of drug-likeness (QED) is 0.878. The zero-order valence-corrected chi connectivity index (χ0v) is 12.5. The average Bonchev–Trinajstić information content (AvgIpc) is 3.06. The molecule has 0 bridgehead atoms. The van der Waals surface area contributed by atoms with Crippen LogP contribution in [-0.4, -0.2) is 16.3 Å². The number of rotatable bonds is 6. The number of hydrogen-bond donors (Lipinski definition) is 1. The zero-order chi connectivity index (χ0) is 13.1. The van der Waals surface area contributed by atoms with Gasteiger partial charge in [-0.3, -0.25) is 4.79 Å². The summed E-state index contributed by atoms with van der Waals surface area (Å²) in [4.78, 5) is 12.0. The third-order valence-corrected chi connectivity index (χ3v) is 4.31. The van der Waals surface area contributed by atoms with Crippen LogP contribution in [0, 0.1) is 11.8 Å². The molecule has 0 saturated heterocycles. The number of unbranched alkanes of at least 4 members (excludes halogenated alkanes) is 1. The van der Waals surface area contributed by atoms with Crippen LogP contribution in [0.25, 0.3) is 0 Å². The van der Waals surface area contributed by atoms with Gasteiger partial charge in [-0.25, -0.2) is 4.68 Å². The third kappa shape index (κ3) is 3.13. The topological polar surface area (TPSA) is 46.9 Å². The van der Waals surface area contributed by atoms with Gasteiger partial charge in [-0.15, -0.1) is 0 Å². The van der Waals surface area contributed by atoms with E-state index in [0.29, 0.717) is 11.0 Å². The Kier molecular flexibility index (Phi) is 4.43. The lowest BCUT2D eigenvalue weighted by molar-refractivity contribution is 0.541. The molecule has 1 fully saturated rings. The maximum Gasteiger partial charge on any atom is 0.283 e. The second-order valence-electron chi connectivity index (χ2n) is 5.11. The molecular formula is C13H20BrN3O. The van der Waals surface area contributed by atoms with E-state index in [1.54, 1.807) is 6.20 Å². The Bertz CT molecular complexity index is 472. The highest BCUT2D eigenvalue weighted by molar-refractivity contribution is 9.10. The van der Waals surface area contributed by atoms with Crippen LogP contribution in [0.1, 0.15) is 33.1 Å². The van der Waals surface area contributed by atoms with Gasteiger partial charge < -0.3 is 5.32 Å². The van der Waals surface area contributed by atoms with Crippen molar-refractivity contribution in [3.8, 4) is 0 Å². The normalized spacial score (nSPS) is 21.9. The van der Waals surface area contributed by atoms with Crippen LogP contribution in [0.2, 0.25) is 0 Å². The fourth-order valence-corrected chi connectivity index (χ4v) is 2.43. The fraction of sp³-hybridized carbons (Fsp3) is 0.692. The molecule has 1 heterocycles. The fourth-order valence-electron chi connectivity index (χ4n) is 1.98. The number of halogens is 1. The highest BCUT2D eigenvalue weighted by Gasteiger charge is 2.32. The predicted molar refractivity (Wildman–Crippen MR) is 76.9 cm³/mol. The maximum atomic E-state index is 12.0. The number of nitrogens with one attached hydrogen (secondary N) is 1. The lowest BCUT2D eigenvalue weighted by Gasteiger charge is -2.10. The summed E-state index contributed by atoms with van der Waals surface area (Å²) in [6, 6.07) is 0. The van der Waals surface area contributed by atoms with Crippen molar-refractivity contribution in [3.63, 3.8) is 0 Å². The molecule has 100 valence electrons. The highest BCUT2D eigenvalue weighted by atomic mass is 79.9. The number of aromatic nitrogens is 2. The number of hydrogen-bond acceptors (Lipinski definition) is 3. The molecule has 1 aromatic heterocycles. The molecule has 2 unspecified atom stereocenters. The molecule has 0 radical (unpaired) electrons. The Hall–Kier alpha value is -0.840. The first-order valence-electron chi connectivity index (χ1n) is 6.63. The molecule has 1 aliphatic rings. The average molecular weight is 314 g/mol. The molecule has 0 spiro atoms. The molecule has 2 rings (SSSR count). The summed E-state index contributed by atoms with van der Waals surface area (Å²) in [5, 5.41) is 7.51. The lowest BCUT2D eigenvalue weighted by Crippen LogP contribution is -2.24. The molecule has 1 aliphatic carbocycles. The van der Waals surface area contributed by atoms with E-state index in [0.717, 1.165) is 36.9 Å². The van der Waals surface area contributed by atoms with Crippen molar-refractivity contribution in [2.45, 2.75) is 39.7 Å². The summed E-state index contributed by atoms with van der Waals surface area (Å²) >= 11 is 3.37. The first-order valence-corrected chi connectivity index (χ1v) is 7.42. The van der Waals surface area contributed by atoms with Crippen LogP contribution in [-0.2, 0) is 6.54 Å². The van der Waals surface area contributed by atoms with Crippen LogP contribution < -0.4 is 10.9 Å². The van der Waals surface area contributed by atoms with Crippen LogP contribution in [0.15, 0.2) is 15.5 Å². The van der Waals surface area contributed by atoms with Gasteiger partial charge in [0, 0.05) is 13.1 Å². The monoisotopic (exact) mass is 313 g/mol. The van der Waals surface area contributed by atoms with Crippen LogP contribution >= 0.6 is 15.9 Å². The maximum absolute atomic E-state index is 12.0. The zero-order valence-electron chi connectivity index (χ0n) is 10.9. The summed E-state index contributed by atoms with van der Waals surface area (Å²) in [5.74, 6) is 1.56. The second-order valence-corrected chi connectivity index (χ2v) is 5.90. The van der Waals surface area contributed by atoms with Gasteiger partial charge >= 0.3 is 0 Å². The number of nitrogens with zero attached hydrogens (tertiary/aromatic N) is 2. The Morgan fingerprint density at radius 3 is 2.94 bits per heavy atom. The standard InChI is InChI=1S/C13H20BrN3O/c1-3-4-5-17-13(18)12(14)11(8-16-17)15-7-10-6-9(10)2/h8-10,15H,3-7H2,1-2H3. The molecule has 2 atom stereocenters. The Labute approximate surface area is 116 Å². The molecule has 0 aromatic carbocycles. The van der Waals surface area contributed by atoms with Gasteiger partial charge in [0.15, 0.2) is 0 Å². The van der Waals surface area contributed by atoms with Gasteiger partial charge in [0.05, 0.1) is 11.9 Å². The number of anilines is 1. The van der Waals surface area contributed by atoms with E-state index in [2.05, 4.69) is 40.2 Å². The van der Waals surface area contributed by atoms with Crippen molar-refractivity contribution in [2.75, 3.05) is 11.9 Å². The van der Waals surface area contributed by atoms with Gasteiger partial charge in [0.2, 0.25) is 0 Å². The van der Waals surface area contributed by atoms with E-state index < -0.39 is 0 Å². The molecular weight excluding hydrogens is 294 g/mol. The van der Waals surface area contributed by atoms with Gasteiger partial charge in [-0.2, -0.15) is 5.10 Å². The van der Waals surface area contributed by atoms with Gasteiger partial charge in [0.25, 0.3) is 5.56 Å². The molecule has 1 aromatic rings. The van der Waals surface area contributed by atoms with Gasteiger partial charge in [-0.05, 0) is 40.6 Å². The third-order valence-electron chi connectivity index (χ3n) is 3.54. The minimum Gasteiger partial charge on any atom is -0.382 e. The highest BCUT2D eigenvalue weighted by Crippen LogP contribution is 2.37. The number of aryl methyl sites for hydroxylation is 1. The van der Waals surface area contributed by atoms with Gasteiger partial charge in [0.1, 0.15) is 4.47 Å². The smallest absolute Gasteiger partial charge is 0.283 e. The van der Waals surface area contributed by atoms with Crippen molar-refractivity contribution in [3.05, 3.63) is 21.0 Å². The lowest BCUT2D eigenvalue weighted by atomic mass is 10.3. The molecule has 18 heavy (non-hydrogen) atoms. The molecule has 0 amide bonds. The second kappa shape index (κ2) is 5.87. The molecule has 4 nitrogen and oxygen atoms in total. The first-order chi connectivity index (χ1) is 8.63. The summed E-state index contributed by atoms with van der Waals surface area (Å²) in [6.45, 7) is 5.98. The molecule has 1 N–H and O–H groups in total. The van der Waals surface area contributed by atoms with Crippen LogP contribution in [0.3, 0.4) is 0 Å². The van der Waals surface area contributed by atoms with E-state index in [-0.39, 0.29) is 5.56 Å². The largest absolute Gasteiger partial charge is 0.382 e. The van der Waals surface area contributed by atoms with Crippen molar-refractivity contribution < 1.29 is 0 Å². The molecule has 0 aliphatic heterocycles. The van der Waals surface area contributed by atoms with Crippen molar-refractivity contribution in [1.29, 1.82) is 0 Å². The predicted octanol–water partition coefficient (Wildman–Crippen LogP) is 2.87. The minimum atomic E-state index is -0.0442. The van der Waals surface area contributed by atoms with Crippen molar-refractivity contribution in [2.24, 2.45) is 11.8 Å². The summed E-state index contributed by atoms with van der Waals surface area (Å²) in [5.41, 5.74) is 0.768. The summed E-state index contributed by atoms with van der Waals surface area (Å²) in [7, 11) is 0. The van der Waals surface area contributed by atoms with Crippen molar-refractivity contribution >= 4 is 21.6 Å². The van der Waals surface area contributed by atoms with E-state index in [1.807, 2.05) is 0 Å². The molecule has 1 saturated carbocycles. The van der Waals surface area contributed by atoms with E-state index >= 15 is 0 Å². The Morgan fingerprint density at radius 1 is 1.61 bits per heavy atom. The Balaban J connectivity index is 2.03. The van der Waals surface area contributed by atoms with Gasteiger partial charge in [-0.1, -0.05) is 20.3 Å². The summed E-state index contributed by atoms with van der Waals surface area (Å²) in [6.07, 6.45) is 5.07. The van der Waals surface area contributed by atoms with Crippen LogP contribution in [0.4, 0.5) is 5.69 Å².